The van der Waals surface area contributed by atoms with Gasteiger partial charge in [-0.15, -0.1) is 12.4 Å². The molecular weight excluding hydrogens is 470 g/mol. The van der Waals surface area contributed by atoms with Crippen molar-refractivity contribution in [2.24, 2.45) is 5.92 Å². The summed E-state index contributed by atoms with van der Waals surface area (Å²) in [6.45, 7) is 9.34. The minimum absolute atomic E-state index is 0. The maximum Gasteiger partial charge on any atom is 0.0206 e. The van der Waals surface area contributed by atoms with Gasteiger partial charge in [0.2, 0.25) is 0 Å². The highest BCUT2D eigenvalue weighted by atomic mass is 35.5. The number of halogens is 1. The first-order chi connectivity index (χ1) is 17.7. The molecule has 1 nitrogen and oxygen atoms in total. The number of hydrogen-bond acceptors (Lipinski definition) is 1. The van der Waals surface area contributed by atoms with E-state index in [1.54, 1.807) is 0 Å². The van der Waals surface area contributed by atoms with E-state index in [4.69, 9.17) is 0 Å². The molecule has 2 heteroatoms. The van der Waals surface area contributed by atoms with Gasteiger partial charge in [-0.3, -0.25) is 0 Å². The van der Waals surface area contributed by atoms with Gasteiger partial charge >= 0.3 is 0 Å². The summed E-state index contributed by atoms with van der Waals surface area (Å²) in [7, 11) is 2.32. The van der Waals surface area contributed by atoms with Crippen LogP contribution in [0.25, 0.3) is 0 Å². The molecule has 37 heavy (non-hydrogen) atoms. The number of hydrogen-bond donors (Lipinski definition) is 1. The standard InChI is InChI=1S/C35H73N.ClH/c1-6-10-14-18-22-26-30-34(31-27-23-19-15-11-7-2)35(36-5,32-28-24-20-16-12-8-3)33-29-25-21-17-13-9-4;/h34,36H,6-33H2,1-5H3;1H. The van der Waals surface area contributed by atoms with Crippen molar-refractivity contribution < 1.29 is 0 Å². The quantitative estimate of drug-likeness (QED) is 0.0887. The van der Waals surface area contributed by atoms with E-state index in [1.165, 1.54) is 180 Å². The van der Waals surface area contributed by atoms with E-state index in [0.717, 1.165) is 5.92 Å². The molecule has 0 unspecified atom stereocenters. The van der Waals surface area contributed by atoms with Gasteiger partial charge in [0, 0.05) is 5.54 Å². The molecule has 0 aromatic rings. The molecule has 0 heterocycles. The van der Waals surface area contributed by atoms with Crippen LogP contribution in [0.5, 0.6) is 0 Å². The predicted octanol–water partition coefficient (Wildman–Crippen LogP) is 13.0. The highest BCUT2D eigenvalue weighted by molar-refractivity contribution is 5.85. The molecule has 0 aliphatic heterocycles. The Morgan fingerprint density at radius 3 is 0.973 bits per heavy atom. The van der Waals surface area contributed by atoms with Gasteiger partial charge in [-0.1, -0.05) is 182 Å². The SMILES string of the molecule is CCCCCCCCC(CCCCCCCC)C(CCCCCCCC)(CCCCCCCC)NC.Cl. The molecule has 0 fully saturated rings. The van der Waals surface area contributed by atoms with Crippen LogP contribution in [0.15, 0.2) is 0 Å². The van der Waals surface area contributed by atoms with Crippen molar-refractivity contribution in [3.05, 3.63) is 0 Å². The largest absolute Gasteiger partial charge is 0.314 e. The summed E-state index contributed by atoms with van der Waals surface area (Å²) in [5.41, 5.74) is 0.391. The fourth-order valence-corrected chi connectivity index (χ4v) is 6.47. The van der Waals surface area contributed by atoms with Gasteiger partial charge < -0.3 is 5.32 Å². The fourth-order valence-electron chi connectivity index (χ4n) is 6.47. The Morgan fingerprint density at radius 1 is 0.405 bits per heavy atom. The first kappa shape index (κ1) is 39.4. The average Bonchev–Trinajstić information content (AvgIpc) is 2.89. The normalized spacial score (nSPS) is 11.8. The van der Waals surface area contributed by atoms with Crippen LogP contribution in [0, 0.1) is 5.92 Å². The van der Waals surface area contributed by atoms with Crippen molar-refractivity contribution in [3.63, 3.8) is 0 Å². The first-order valence-corrected chi connectivity index (χ1v) is 17.4. The topological polar surface area (TPSA) is 12.0 Å². The molecule has 0 saturated carbocycles. The summed E-state index contributed by atoms with van der Waals surface area (Å²) in [6.07, 6.45) is 40.1. The van der Waals surface area contributed by atoms with E-state index in [-0.39, 0.29) is 12.4 Å². The van der Waals surface area contributed by atoms with Crippen LogP contribution >= 0.6 is 12.4 Å². The van der Waals surface area contributed by atoms with E-state index in [1.807, 2.05) is 0 Å². The number of nitrogens with one attached hydrogen (secondary N) is 1. The maximum absolute atomic E-state index is 4.04. The molecule has 0 aromatic heterocycles. The molecule has 0 aliphatic carbocycles. The van der Waals surface area contributed by atoms with Crippen molar-refractivity contribution in [2.45, 2.75) is 213 Å². The van der Waals surface area contributed by atoms with Crippen molar-refractivity contribution in [3.8, 4) is 0 Å². The molecule has 0 atom stereocenters. The van der Waals surface area contributed by atoms with Crippen molar-refractivity contribution in [1.29, 1.82) is 0 Å². The molecule has 0 amide bonds. The second-order valence-electron chi connectivity index (χ2n) is 12.3. The first-order valence-electron chi connectivity index (χ1n) is 17.4. The molecule has 1 N–H and O–H groups in total. The molecule has 0 rings (SSSR count). The van der Waals surface area contributed by atoms with Gasteiger partial charge in [0.25, 0.3) is 0 Å². The lowest BCUT2D eigenvalue weighted by Crippen LogP contribution is -2.49. The van der Waals surface area contributed by atoms with Gasteiger partial charge in [-0.05, 0) is 38.6 Å². The van der Waals surface area contributed by atoms with Crippen LogP contribution in [0.4, 0.5) is 0 Å². The molecule has 0 bridgehead atoms. The zero-order valence-electron chi connectivity index (χ0n) is 26.8. The van der Waals surface area contributed by atoms with Crippen LogP contribution in [-0.4, -0.2) is 12.6 Å². The van der Waals surface area contributed by atoms with E-state index in [2.05, 4.69) is 40.1 Å². The van der Waals surface area contributed by atoms with Crippen LogP contribution in [0.3, 0.4) is 0 Å². The third kappa shape index (κ3) is 22.7. The number of rotatable bonds is 30. The average molecular weight is 544 g/mol. The summed E-state index contributed by atoms with van der Waals surface area (Å²) in [6, 6.07) is 0. The smallest absolute Gasteiger partial charge is 0.0206 e. The van der Waals surface area contributed by atoms with Crippen LogP contribution < -0.4 is 5.32 Å². The Balaban J connectivity index is 0. The summed E-state index contributed by atoms with van der Waals surface area (Å²) >= 11 is 0. The van der Waals surface area contributed by atoms with E-state index < -0.39 is 0 Å². The van der Waals surface area contributed by atoms with Gasteiger partial charge in [0.1, 0.15) is 0 Å². The summed E-state index contributed by atoms with van der Waals surface area (Å²) < 4.78 is 0. The fraction of sp³-hybridized carbons (Fsp3) is 1.00. The zero-order chi connectivity index (χ0) is 26.6. The zero-order valence-corrected chi connectivity index (χ0v) is 27.6. The Labute approximate surface area is 243 Å². The minimum Gasteiger partial charge on any atom is -0.314 e. The van der Waals surface area contributed by atoms with Crippen molar-refractivity contribution in [1.82, 2.24) is 5.32 Å². The van der Waals surface area contributed by atoms with Crippen molar-refractivity contribution >= 4 is 12.4 Å². The number of unbranched alkanes of at least 4 members (excludes halogenated alkanes) is 20. The van der Waals surface area contributed by atoms with E-state index in [9.17, 15) is 0 Å². The van der Waals surface area contributed by atoms with Crippen molar-refractivity contribution in [2.75, 3.05) is 7.05 Å². The Bertz CT molecular complexity index is 378. The predicted molar refractivity (Wildman–Crippen MR) is 175 cm³/mol. The second kappa shape index (κ2) is 30.8. The van der Waals surface area contributed by atoms with Crippen LogP contribution in [-0.2, 0) is 0 Å². The van der Waals surface area contributed by atoms with Gasteiger partial charge in [0.05, 0.1) is 0 Å². The lowest BCUT2D eigenvalue weighted by Gasteiger charge is -2.42. The van der Waals surface area contributed by atoms with Crippen LogP contribution in [0.1, 0.15) is 207 Å². The van der Waals surface area contributed by atoms with E-state index >= 15 is 0 Å². The van der Waals surface area contributed by atoms with Gasteiger partial charge in [-0.2, -0.15) is 0 Å². The minimum atomic E-state index is 0. The lowest BCUT2D eigenvalue weighted by molar-refractivity contribution is 0.152. The second-order valence-corrected chi connectivity index (χ2v) is 12.3. The molecule has 0 saturated heterocycles. The highest BCUT2D eigenvalue weighted by Gasteiger charge is 2.35. The van der Waals surface area contributed by atoms with Gasteiger partial charge in [0.15, 0.2) is 0 Å². The van der Waals surface area contributed by atoms with Crippen LogP contribution in [0.2, 0.25) is 0 Å². The Hall–Kier alpha value is 0.250. The monoisotopic (exact) mass is 544 g/mol. The maximum atomic E-state index is 4.04. The third-order valence-electron chi connectivity index (χ3n) is 9.04. The molecular formula is C35H74ClN. The Kier molecular flexibility index (Phi) is 32.8. The lowest BCUT2D eigenvalue weighted by atomic mass is 9.71. The van der Waals surface area contributed by atoms with Gasteiger partial charge in [-0.25, -0.2) is 0 Å². The molecule has 0 spiro atoms. The summed E-state index contributed by atoms with van der Waals surface area (Å²) in [4.78, 5) is 0. The Morgan fingerprint density at radius 2 is 0.676 bits per heavy atom. The third-order valence-corrected chi connectivity index (χ3v) is 9.04. The highest BCUT2D eigenvalue weighted by Crippen LogP contribution is 2.37. The summed E-state index contributed by atoms with van der Waals surface area (Å²) in [5, 5.41) is 4.04. The molecule has 226 valence electrons. The molecule has 0 radical (unpaired) electrons. The summed E-state index contributed by atoms with van der Waals surface area (Å²) in [5.74, 6) is 0.881. The molecule has 0 aromatic carbocycles. The molecule has 0 aliphatic rings. The van der Waals surface area contributed by atoms with E-state index in [0.29, 0.717) is 5.54 Å².